The maximum atomic E-state index is 13.5. The van der Waals surface area contributed by atoms with E-state index in [4.69, 9.17) is 0 Å². The number of carbonyl (C=O) groups is 3. The second kappa shape index (κ2) is 10.7. The Balaban J connectivity index is 1.66. The minimum Gasteiger partial charge on any atom is -0.350 e. The molecule has 9 heteroatoms. The first-order valence-corrected chi connectivity index (χ1v) is 12.0. The molecule has 0 aromatic heterocycles. The fourth-order valence-electron chi connectivity index (χ4n) is 3.55. The second-order valence-electron chi connectivity index (χ2n) is 8.53. The lowest BCUT2D eigenvalue weighted by molar-refractivity contribution is -0.120. The van der Waals surface area contributed by atoms with Crippen LogP contribution in [-0.2, 0) is 14.4 Å². The van der Waals surface area contributed by atoms with Gasteiger partial charge in [-0.05, 0) is 72.6 Å². The largest absolute Gasteiger partial charge is 0.350 e. The molecule has 184 valence electrons. The van der Waals surface area contributed by atoms with Crippen LogP contribution in [0.2, 0.25) is 0 Å². The molecule has 6 nitrogen and oxygen atoms in total. The first kappa shape index (κ1) is 25.1. The number of rotatable bonds is 8. The zero-order valence-electron chi connectivity index (χ0n) is 19.5. The highest BCUT2D eigenvalue weighted by molar-refractivity contribution is 8.04. The van der Waals surface area contributed by atoms with Gasteiger partial charge in [-0.2, -0.15) is 0 Å². The number of hydrogen-bond donors (Lipinski definition) is 2. The second-order valence-corrected chi connectivity index (χ2v) is 9.62. The van der Waals surface area contributed by atoms with Gasteiger partial charge < -0.3 is 10.6 Å². The maximum Gasteiger partial charge on any atom is 0.283 e. The Kier molecular flexibility index (Phi) is 7.49. The van der Waals surface area contributed by atoms with Gasteiger partial charge in [0.25, 0.3) is 11.8 Å². The summed E-state index contributed by atoms with van der Waals surface area (Å²) in [6.45, 7) is 3.90. The molecular formula is C27H23F2N3O3S. The van der Waals surface area contributed by atoms with E-state index in [0.717, 1.165) is 28.8 Å². The van der Waals surface area contributed by atoms with Crippen LogP contribution in [0.5, 0.6) is 0 Å². The van der Waals surface area contributed by atoms with Crippen molar-refractivity contribution in [1.29, 1.82) is 0 Å². The molecule has 3 aromatic rings. The molecule has 0 saturated carbocycles. The molecule has 2 N–H and O–H groups in total. The Hall–Kier alpha value is -3.98. The van der Waals surface area contributed by atoms with Crippen LogP contribution in [0.3, 0.4) is 0 Å². The molecule has 0 radical (unpaired) electrons. The van der Waals surface area contributed by atoms with Gasteiger partial charge in [-0.1, -0.05) is 31.7 Å². The smallest absolute Gasteiger partial charge is 0.283 e. The lowest BCUT2D eigenvalue weighted by Gasteiger charge is -2.15. The van der Waals surface area contributed by atoms with Gasteiger partial charge in [-0.15, -0.1) is 0 Å². The molecule has 4 rings (SSSR count). The number of imide groups is 1. The third-order valence-electron chi connectivity index (χ3n) is 5.17. The first-order valence-electron chi connectivity index (χ1n) is 11.2. The molecule has 0 saturated heterocycles. The predicted molar refractivity (Wildman–Crippen MR) is 136 cm³/mol. The third kappa shape index (κ3) is 5.80. The number of hydrogen-bond acceptors (Lipinski definition) is 5. The summed E-state index contributed by atoms with van der Waals surface area (Å²) in [6, 6.07) is 17.3. The molecule has 0 fully saturated rings. The van der Waals surface area contributed by atoms with Crippen molar-refractivity contribution < 1.29 is 23.2 Å². The number of amides is 3. The molecule has 0 bridgehead atoms. The van der Waals surface area contributed by atoms with Crippen molar-refractivity contribution in [1.82, 2.24) is 0 Å². The summed E-state index contributed by atoms with van der Waals surface area (Å²) in [5.41, 5.74) is 1.21. The van der Waals surface area contributed by atoms with Gasteiger partial charge >= 0.3 is 0 Å². The molecule has 1 aliphatic heterocycles. The van der Waals surface area contributed by atoms with E-state index in [1.165, 1.54) is 36.4 Å². The lowest BCUT2D eigenvalue weighted by Crippen LogP contribution is -2.32. The molecule has 1 aliphatic rings. The minimum absolute atomic E-state index is 0.00943. The predicted octanol–water partition coefficient (Wildman–Crippen LogP) is 5.94. The topological polar surface area (TPSA) is 78.5 Å². The quantitative estimate of drug-likeness (QED) is 0.369. The van der Waals surface area contributed by atoms with Crippen LogP contribution in [0.4, 0.5) is 25.8 Å². The summed E-state index contributed by atoms with van der Waals surface area (Å²) in [4.78, 5) is 40.6. The summed E-state index contributed by atoms with van der Waals surface area (Å²) < 4.78 is 26.8. The molecule has 0 spiro atoms. The van der Waals surface area contributed by atoms with E-state index in [9.17, 15) is 23.2 Å². The van der Waals surface area contributed by atoms with E-state index in [0.29, 0.717) is 22.7 Å². The van der Waals surface area contributed by atoms with Crippen molar-refractivity contribution in [3.8, 4) is 0 Å². The molecular weight excluding hydrogens is 484 g/mol. The Labute approximate surface area is 211 Å². The maximum absolute atomic E-state index is 13.5. The highest BCUT2D eigenvalue weighted by atomic mass is 32.2. The summed E-state index contributed by atoms with van der Waals surface area (Å²) in [5.74, 6) is -2.08. The Morgan fingerprint density at radius 3 is 2.17 bits per heavy atom. The van der Waals surface area contributed by atoms with Gasteiger partial charge in [0.2, 0.25) is 5.91 Å². The number of benzene rings is 3. The summed E-state index contributed by atoms with van der Waals surface area (Å²) in [7, 11) is 0. The van der Waals surface area contributed by atoms with Crippen molar-refractivity contribution in [3.05, 3.63) is 95.0 Å². The van der Waals surface area contributed by atoms with Gasteiger partial charge in [0.15, 0.2) is 0 Å². The summed E-state index contributed by atoms with van der Waals surface area (Å²) in [6.07, 6.45) is 0.369. The van der Waals surface area contributed by atoms with E-state index in [2.05, 4.69) is 10.6 Å². The van der Waals surface area contributed by atoms with Crippen molar-refractivity contribution in [2.45, 2.75) is 25.2 Å². The zero-order valence-corrected chi connectivity index (χ0v) is 20.4. The van der Waals surface area contributed by atoms with E-state index >= 15 is 0 Å². The molecule has 36 heavy (non-hydrogen) atoms. The standard InChI is InChI=1S/C27H23F2N3O3S/c1-16(2)14-23(33)30-20-4-3-5-22(15-20)36-25-24(31-19-10-6-17(28)7-11-19)26(34)32(27(25)35)21-12-8-18(29)9-13-21/h3-13,15-16,31H,14H2,1-2H3,(H,30,33). The Morgan fingerprint density at radius 1 is 0.889 bits per heavy atom. The van der Waals surface area contributed by atoms with Crippen molar-refractivity contribution in [2.75, 3.05) is 15.5 Å². The molecule has 1 heterocycles. The van der Waals surface area contributed by atoms with Crippen molar-refractivity contribution in [3.63, 3.8) is 0 Å². The van der Waals surface area contributed by atoms with Crippen molar-refractivity contribution >= 4 is 46.5 Å². The van der Waals surface area contributed by atoms with Gasteiger partial charge in [-0.25, -0.2) is 13.7 Å². The number of carbonyl (C=O) groups excluding carboxylic acids is 3. The average molecular weight is 508 g/mol. The van der Waals surface area contributed by atoms with Gasteiger partial charge in [0, 0.05) is 22.7 Å². The normalized spacial score (nSPS) is 13.5. The van der Waals surface area contributed by atoms with Crippen LogP contribution in [0.25, 0.3) is 0 Å². The van der Waals surface area contributed by atoms with Gasteiger partial charge in [0.05, 0.1) is 5.69 Å². The number of halogens is 2. The van der Waals surface area contributed by atoms with Gasteiger partial charge in [-0.3, -0.25) is 14.4 Å². The first-order chi connectivity index (χ1) is 17.2. The van der Waals surface area contributed by atoms with Crippen LogP contribution >= 0.6 is 11.8 Å². The summed E-state index contributed by atoms with van der Waals surface area (Å²) >= 11 is 1.06. The average Bonchev–Trinajstić information content (AvgIpc) is 3.05. The fourth-order valence-corrected chi connectivity index (χ4v) is 4.54. The number of nitrogens with one attached hydrogen (secondary N) is 2. The molecule has 3 amide bonds. The zero-order chi connectivity index (χ0) is 25.8. The van der Waals surface area contributed by atoms with E-state index in [1.807, 2.05) is 13.8 Å². The van der Waals surface area contributed by atoms with Crippen LogP contribution < -0.4 is 15.5 Å². The van der Waals surface area contributed by atoms with E-state index < -0.39 is 23.4 Å². The lowest BCUT2D eigenvalue weighted by atomic mass is 10.1. The van der Waals surface area contributed by atoms with E-state index in [1.54, 1.807) is 24.3 Å². The molecule has 0 atom stereocenters. The van der Waals surface area contributed by atoms with Gasteiger partial charge in [0.1, 0.15) is 22.2 Å². The van der Waals surface area contributed by atoms with Crippen LogP contribution in [0, 0.1) is 17.6 Å². The van der Waals surface area contributed by atoms with Crippen LogP contribution in [0.15, 0.2) is 88.3 Å². The number of nitrogens with zero attached hydrogens (tertiary/aromatic N) is 1. The highest BCUT2D eigenvalue weighted by Crippen LogP contribution is 2.38. The fraction of sp³-hybridized carbons (Fsp3) is 0.148. The SMILES string of the molecule is CC(C)CC(=O)Nc1cccc(SC2=C(Nc3ccc(F)cc3)C(=O)N(c3ccc(F)cc3)C2=O)c1. The molecule has 3 aromatic carbocycles. The third-order valence-corrected chi connectivity index (χ3v) is 6.24. The Bertz CT molecular complexity index is 1340. The number of thioether (sulfide) groups is 1. The van der Waals surface area contributed by atoms with Crippen LogP contribution in [0.1, 0.15) is 20.3 Å². The molecule has 0 aliphatic carbocycles. The Morgan fingerprint density at radius 2 is 1.53 bits per heavy atom. The van der Waals surface area contributed by atoms with Crippen molar-refractivity contribution in [2.24, 2.45) is 5.92 Å². The summed E-state index contributed by atoms with van der Waals surface area (Å²) in [5, 5.41) is 5.77. The highest BCUT2D eigenvalue weighted by Gasteiger charge is 2.40. The monoisotopic (exact) mass is 507 g/mol. The van der Waals surface area contributed by atoms with Crippen LogP contribution in [-0.4, -0.2) is 17.7 Å². The number of anilines is 3. The molecule has 0 unspecified atom stereocenters. The van der Waals surface area contributed by atoms with E-state index in [-0.39, 0.29) is 28.1 Å². The minimum atomic E-state index is -0.625.